The van der Waals surface area contributed by atoms with Gasteiger partial charge in [-0.1, -0.05) is 6.92 Å². The Morgan fingerprint density at radius 2 is 2.00 bits per heavy atom. The van der Waals surface area contributed by atoms with Crippen molar-refractivity contribution >= 4 is 11.8 Å². The van der Waals surface area contributed by atoms with Crippen molar-refractivity contribution in [3.05, 3.63) is 0 Å². The second kappa shape index (κ2) is 7.72. The predicted octanol–water partition coefficient (Wildman–Crippen LogP) is -1.32. The lowest BCUT2D eigenvalue weighted by Crippen LogP contribution is -2.50. The van der Waals surface area contributed by atoms with E-state index in [4.69, 9.17) is 10.5 Å². The normalized spacial score (nSPS) is 27.7. The molecule has 120 valence electrons. The van der Waals surface area contributed by atoms with Crippen LogP contribution in [0.25, 0.3) is 0 Å². The number of likely N-dealkylation sites (tertiary alicyclic amines) is 1. The van der Waals surface area contributed by atoms with E-state index in [9.17, 15) is 9.59 Å². The molecule has 0 aromatic carbocycles. The number of primary amides is 1. The molecule has 4 N–H and O–H groups in total. The fourth-order valence-electron chi connectivity index (χ4n) is 3.04. The third kappa shape index (κ3) is 4.66. The highest BCUT2D eigenvalue weighted by atomic mass is 16.5. The summed E-state index contributed by atoms with van der Waals surface area (Å²) in [6, 6.07) is 0.300. The molecule has 2 unspecified atom stereocenters. The molecule has 0 aliphatic carbocycles. The third-order valence-electron chi connectivity index (χ3n) is 4.20. The summed E-state index contributed by atoms with van der Waals surface area (Å²) in [5.41, 5.74) is 5.19. The van der Waals surface area contributed by atoms with Crippen LogP contribution in [0, 0.1) is 5.92 Å². The van der Waals surface area contributed by atoms with Gasteiger partial charge in [0.05, 0.1) is 25.7 Å². The van der Waals surface area contributed by atoms with E-state index in [0.717, 1.165) is 32.5 Å². The van der Waals surface area contributed by atoms with Gasteiger partial charge in [0.1, 0.15) is 0 Å². The van der Waals surface area contributed by atoms with Gasteiger partial charge >= 0.3 is 0 Å². The number of piperidine rings is 1. The van der Waals surface area contributed by atoms with Crippen LogP contribution in [0.5, 0.6) is 0 Å². The maximum absolute atomic E-state index is 12.3. The highest BCUT2D eigenvalue weighted by molar-refractivity contribution is 5.80. The van der Waals surface area contributed by atoms with Gasteiger partial charge in [0.15, 0.2) is 0 Å². The van der Waals surface area contributed by atoms with Gasteiger partial charge in [-0.15, -0.1) is 0 Å². The first kappa shape index (κ1) is 16.2. The molecule has 0 radical (unpaired) electrons. The fraction of sp³-hybridized carbons (Fsp3) is 0.857. The van der Waals surface area contributed by atoms with Gasteiger partial charge in [-0.05, 0) is 19.4 Å². The fourth-order valence-corrected chi connectivity index (χ4v) is 3.04. The number of rotatable bonds is 6. The van der Waals surface area contributed by atoms with E-state index >= 15 is 0 Å². The number of hydrogen-bond donors (Lipinski definition) is 3. The van der Waals surface area contributed by atoms with Gasteiger partial charge in [-0.2, -0.15) is 0 Å². The van der Waals surface area contributed by atoms with Crippen molar-refractivity contribution in [2.45, 2.75) is 31.8 Å². The summed E-state index contributed by atoms with van der Waals surface area (Å²) in [4.78, 5) is 25.3. The van der Waals surface area contributed by atoms with Crippen LogP contribution in [0.2, 0.25) is 0 Å². The predicted molar refractivity (Wildman–Crippen MR) is 78.6 cm³/mol. The Kier molecular flexibility index (Phi) is 5.96. The molecule has 0 aromatic heterocycles. The van der Waals surface area contributed by atoms with Gasteiger partial charge in [-0.3, -0.25) is 14.5 Å². The minimum absolute atomic E-state index is 0.0757. The number of nitrogens with two attached hydrogens (primary N) is 1. The van der Waals surface area contributed by atoms with E-state index in [-0.39, 0.29) is 29.8 Å². The Labute approximate surface area is 125 Å². The van der Waals surface area contributed by atoms with Crippen LogP contribution in [0.4, 0.5) is 0 Å². The van der Waals surface area contributed by atoms with Gasteiger partial charge in [0.25, 0.3) is 0 Å². The summed E-state index contributed by atoms with van der Waals surface area (Å²) in [7, 11) is 0. The van der Waals surface area contributed by atoms with Gasteiger partial charge in [0, 0.05) is 25.2 Å². The number of likely N-dealkylation sites (N-methyl/N-ethyl adjacent to an activating group) is 1. The number of ether oxygens (including phenoxy) is 1. The number of nitrogens with zero attached hydrogens (tertiary/aromatic N) is 1. The maximum Gasteiger partial charge on any atom is 0.231 e. The smallest absolute Gasteiger partial charge is 0.231 e. The van der Waals surface area contributed by atoms with Gasteiger partial charge in [-0.25, -0.2) is 0 Å². The van der Waals surface area contributed by atoms with E-state index in [2.05, 4.69) is 10.6 Å². The molecule has 7 nitrogen and oxygen atoms in total. The molecule has 0 aromatic rings. The van der Waals surface area contributed by atoms with Crippen LogP contribution in [-0.2, 0) is 14.3 Å². The van der Waals surface area contributed by atoms with E-state index in [1.54, 1.807) is 0 Å². The molecule has 2 heterocycles. The Morgan fingerprint density at radius 1 is 1.29 bits per heavy atom. The summed E-state index contributed by atoms with van der Waals surface area (Å²) in [6.45, 7) is 5.86. The van der Waals surface area contributed by atoms with E-state index in [0.29, 0.717) is 19.8 Å². The molecule has 2 fully saturated rings. The average molecular weight is 298 g/mol. The minimum atomic E-state index is -0.297. The Morgan fingerprint density at radius 3 is 2.62 bits per heavy atom. The number of carbonyl (C=O) groups is 2. The van der Waals surface area contributed by atoms with Crippen LogP contribution in [-0.4, -0.2) is 68.2 Å². The molecule has 0 spiro atoms. The van der Waals surface area contributed by atoms with Crippen molar-refractivity contribution < 1.29 is 14.3 Å². The third-order valence-corrected chi connectivity index (χ3v) is 4.20. The number of carbonyl (C=O) groups excluding carboxylic acids is 2. The second-order valence-corrected chi connectivity index (χ2v) is 5.83. The number of amides is 2. The molecule has 0 bridgehead atoms. The van der Waals surface area contributed by atoms with E-state index in [1.807, 2.05) is 11.8 Å². The van der Waals surface area contributed by atoms with Crippen molar-refractivity contribution in [2.75, 3.05) is 39.4 Å². The summed E-state index contributed by atoms with van der Waals surface area (Å²) < 4.78 is 5.41. The average Bonchev–Trinajstić information content (AvgIpc) is 2.89. The standard InChI is InChI=1S/C14H26N4O3/c1-2-16-12-9-21-8-11(12)14(20)17-10-3-5-18(6-4-10)7-13(15)19/h10-12,16H,2-9H2,1H3,(H2,15,19)(H,17,20). The topological polar surface area (TPSA) is 96.7 Å². The Balaban J connectivity index is 1.75. The summed E-state index contributed by atoms with van der Waals surface area (Å²) in [5.74, 6) is -0.325. The van der Waals surface area contributed by atoms with Gasteiger partial charge < -0.3 is 21.1 Å². The first-order valence-corrected chi connectivity index (χ1v) is 7.72. The molecular formula is C14H26N4O3. The number of nitrogens with one attached hydrogen (secondary N) is 2. The van der Waals surface area contributed by atoms with Crippen molar-refractivity contribution in [3.63, 3.8) is 0 Å². The number of hydrogen-bond acceptors (Lipinski definition) is 5. The van der Waals surface area contributed by atoms with Crippen molar-refractivity contribution in [3.8, 4) is 0 Å². The highest BCUT2D eigenvalue weighted by Crippen LogP contribution is 2.16. The monoisotopic (exact) mass is 298 g/mol. The Hall–Kier alpha value is -1.18. The lowest BCUT2D eigenvalue weighted by molar-refractivity contribution is -0.127. The second-order valence-electron chi connectivity index (χ2n) is 5.83. The highest BCUT2D eigenvalue weighted by Gasteiger charge is 2.34. The molecule has 2 aliphatic rings. The van der Waals surface area contributed by atoms with Crippen molar-refractivity contribution in [1.29, 1.82) is 0 Å². The largest absolute Gasteiger partial charge is 0.379 e. The maximum atomic E-state index is 12.3. The van der Waals surface area contributed by atoms with Crippen molar-refractivity contribution in [2.24, 2.45) is 11.7 Å². The van der Waals surface area contributed by atoms with Crippen molar-refractivity contribution in [1.82, 2.24) is 15.5 Å². The van der Waals surface area contributed by atoms with Crippen LogP contribution < -0.4 is 16.4 Å². The lowest BCUT2D eigenvalue weighted by atomic mass is 10.00. The Bertz CT molecular complexity index is 369. The lowest BCUT2D eigenvalue weighted by Gasteiger charge is -2.32. The molecule has 21 heavy (non-hydrogen) atoms. The molecular weight excluding hydrogens is 272 g/mol. The SMILES string of the molecule is CCNC1COCC1C(=O)NC1CCN(CC(N)=O)CC1. The molecule has 2 aliphatic heterocycles. The van der Waals surface area contributed by atoms with Crippen LogP contribution in [0.15, 0.2) is 0 Å². The first-order chi connectivity index (χ1) is 10.1. The van der Waals surface area contributed by atoms with Crippen LogP contribution in [0.1, 0.15) is 19.8 Å². The van der Waals surface area contributed by atoms with Crippen LogP contribution >= 0.6 is 0 Å². The van der Waals surface area contributed by atoms with Gasteiger partial charge in [0.2, 0.25) is 11.8 Å². The molecule has 2 saturated heterocycles. The quantitative estimate of drug-likeness (QED) is 0.565. The molecule has 0 saturated carbocycles. The summed E-state index contributed by atoms with van der Waals surface area (Å²) >= 11 is 0. The zero-order valence-corrected chi connectivity index (χ0v) is 12.6. The molecule has 2 rings (SSSR count). The summed E-state index contributed by atoms with van der Waals surface area (Å²) in [6.07, 6.45) is 1.72. The molecule has 2 amide bonds. The molecule has 2 atom stereocenters. The molecule has 7 heteroatoms. The minimum Gasteiger partial charge on any atom is -0.379 e. The summed E-state index contributed by atoms with van der Waals surface area (Å²) in [5, 5.41) is 6.42. The first-order valence-electron chi connectivity index (χ1n) is 7.72. The van der Waals surface area contributed by atoms with E-state index in [1.165, 1.54) is 0 Å². The van der Waals surface area contributed by atoms with Crippen LogP contribution in [0.3, 0.4) is 0 Å². The zero-order valence-electron chi connectivity index (χ0n) is 12.6. The zero-order chi connectivity index (χ0) is 15.2. The van der Waals surface area contributed by atoms with E-state index < -0.39 is 0 Å².